The molecule has 0 aromatic carbocycles. The molecule has 0 bridgehead atoms. The first-order chi connectivity index (χ1) is 10.1. The second kappa shape index (κ2) is 5.93. The number of nitrogens with zero attached hydrogens (tertiary/aromatic N) is 3. The molecule has 2 fully saturated rings. The zero-order valence-electron chi connectivity index (χ0n) is 13.6. The van der Waals surface area contributed by atoms with Crippen LogP contribution in [0.1, 0.15) is 37.7 Å². The first-order valence-electron chi connectivity index (χ1n) is 8.16. The topological polar surface area (TPSA) is 31.4 Å². The van der Waals surface area contributed by atoms with Gasteiger partial charge in [-0.1, -0.05) is 6.07 Å². The van der Waals surface area contributed by atoms with Gasteiger partial charge in [-0.15, -0.1) is 0 Å². The van der Waals surface area contributed by atoms with Crippen molar-refractivity contribution in [1.82, 2.24) is 15.2 Å². The Kier molecular flexibility index (Phi) is 4.18. The van der Waals surface area contributed by atoms with Gasteiger partial charge in [0.05, 0.1) is 0 Å². The Labute approximate surface area is 128 Å². The molecule has 1 N–H and O–H groups in total. The fraction of sp³-hybridized carbons (Fsp3) is 0.706. The molecule has 3 rings (SSSR count). The Balaban J connectivity index is 1.57. The lowest BCUT2D eigenvalue weighted by molar-refractivity contribution is 0.0682. The minimum atomic E-state index is 0.350. The highest BCUT2D eigenvalue weighted by atomic mass is 15.2. The molecule has 0 saturated heterocycles. The van der Waals surface area contributed by atoms with E-state index in [0.717, 1.165) is 24.9 Å². The van der Waals surface area contributed by atoms with Gasteiger partial charge in [-0.25, -0.2) is 4.98 Å². The van der Waals surface area contributed by atoms with Gasteiger partial charge >= 0.3 is 0 Å². The molecule has 0 unspecified atom stereocenters. The van der Waals surface area contributed by atoms with Gasteiger partial charge in [0.15, 0.2) is 0 Å². The third-order valence-corrected chi connectivity index (χ3v) is 5.14. The summed E-state index contributed by atoms with van der Waals surface area (Å²) in [4.78, 5) is 9.34. The second-order valence-corrected chi connectivity index (χ2v) is 7.01. The monoisotopic (exact) mass is 288 g/mol. The highest BCUT2D eigenvalue weighted by molar-refractivity contribution is 5.39. The summed E-state index contributed by atoms with van der Waals surface area (Å²) < 4.78 is 0. The predicted octanol–water partition coefficient (Wildman–Crippen LogP) is 2.25. The molecular formula is C17H28N4. The van der Waals surface area contributed by atoms with Crippen molar-refractivity contribution in [2.75, 3.05) is 32.6 Å². The molecule has 0 spiro atoms. The molecule has 116 valence electrons. The van der Waals surface area contributed by atoms with E-state index in [9.17, 15) is 0 Å². The summed E-state index contributed by atoms with van der Waals surface area (Å²) >= 11 is 0. The first kappa shape index (κ1) is 14.8. The lowest BCUT2D eigenvalue weighted by Gasteiger charge is -2.49. The fourth-order valence-corrected chi connectivity index (χ4v) is 3.15. The Bertz CT molecular complexity index is 460. The summed E-state index contributed by atoms with van der Waals surface area (Å²) in [5, 5.41) is 3.53. The molecule has 2 aliphatic rings. The summed E-state index contributed by atoms with van der Waals surface area (Å²) in [5.41, 5.74) is 1.63. The van der Waals surface area contributed by atoms with Crippen LogP contribution in [-0.2, 0) is 6.54 Å². The van der Waals surface area contributed by atoms with E-state index in [0.29, 0.717) is 5.54 Å². The highest BCUT2D eigenvalue weighted by Gasteiger charge is 2.40. The summed E-state index contributed by atoms with van der Waals surface area (Å²) in [7, 11) is 6.56. The molecule has 2 aliphatic carbocycles. The number of likely N-dealkylation sites (N-methyl/N-ethyl adjacent to an activating group) is 2. The smallest absolute Gasteiger partial charge is 0.128 e. The van der Waals surface area contributed by atoms with Crippen LogP contribution in [0.5, 0.6) is 0 Å². The average molecular weight is 288 g/mol. The Morgan fingerprint density at radius 3 is 2.48 bits per heavy atom. The van der Waals surface area contributed by atoms with Crippen molar-refractivity contribution in [3.8, 4) is 0 Å². The number of aromatic nitrogens is 1. The number of rotatable bonds is 7. The van der Waals surface area contributed by atoms with Crippen LogP contribution in [0.4, 0.5) is 5.82 Å². The van der Waals surface area contributed by atoms with Gasteiger partial charge in [0.25, 0.3) is 0 Å². The summed E-state index contributed by atoms with van der Waals surface area (Å²) in [6, 6.07) is 5.12. The van der Waals surface area contributed by atoms with Crippen LogP contribution in [0.15, 0.2) is 18.3 Å². The quantitative estimate of drug-likeness (QED) is 0.834. The minimum Gasteiger partial charge on any atom is -0.358 e. The van der Waals surface area contributed by atoms with E-state index in [1.54, 1.807) is 0 Å². The Morgan fingerprint density at radius 1 is 1.24 bits per heavy atom. The van der Waals surface area contributed by atoms with Crippen molar-refractivity contribution in [1.29, 1.82) is 0 Å². The van der Waals surface area contributed by atoms with Gasteiger partial charge in [-0.3, -0.25) is 0 Å². The third-order valence-electron chi connectivity index (χ3n) is 5.14. The average Bonchev–Trinajstić information content (AvgIpc) is 3.24. The van der Waals surface area contributed by atoms with Crippen LogP contribution < -0.4 is 10.2 Å². The summed E-state index contributed by atoms with van der Waals surface area (Å²) in [5.74, 6) is 1.08. The van der Waals surface area contributed by atoms with E-state index in [2.05, 4.69) is 53.4 Å². The van der Waals surface area contributed by atoms with Crippen LogP contribution >= 0.6 is 0 Å². The van der Waals surface area contributed by atoms with Crippen molar-refractivity contribution in [2.45, 2.75) is 50.2 Å². The van der Waals surface area contributed by atoms with Crippen molar-refractivity contribution in [3.05, 3.63) is 23.9 Å². The van der Waals surface area contributed by atoms with Crippen molar-refractivity contribution < 1.29 is 0 Å². The molecule has 1 heterocycles. The van der Waals surface area contributed by atoms with Gasteiger partial charge in [0.1, 0.15) is 5.82 Å². The summed E-state index contributed by atoms with van der Waals surface area (Å²) in [6.45, 7) is 2.01. The maximum absolute atomic E-state index is 4.65. The van der Waals surface area contributed by atoms with E-state index < -0.39 is 0 Å². The predicted molar refractivity (Wildman–Crippen MR) is 87.6 cm³/mol. The van der Waals surface area contributed by atoms with E-state index in [1.807, 2.05) is 6.20 Å². The number of anilines is 1. The molecule has 0 amide bonds. The molecule has 0 radical (unpaired) electrons. The van der Waals surface area contributed by atoms with E-state index in [-0.39, 0.29) is 0 Å². The fourth-order valence-electron chi connectivity index (χ4n) is 3.15. The van der Waals surface area contributed by atoms with Crippen LogP contribution in [0.2, 0.25) is 0 Å². The van der Waals surface area contributed by atoms with Crippen LogP contribution in [-0.4, -0.2) is 49.2 Å². The molecule has 4 nitrogen and oxygen atoms in total. The van der Waals surface area contributed by atoms with Crippen molar-refractivity contribution >= 4 is 5.82 Å². The molecule has 21 heavy (non-hydrogen) atoms. The molecule has 4 heteroatoms. The SMILES string of the molecule is CN(CC1(N(C)C)CCC1)c1ccc(CNC2CC2)cn1. The van der Waals surface area contributed by atoms with Gasteiger partial charge in [0.2, 0.25) is 0 Å². The standard InChI is InChI=1S/C17H28N4/c1-20(2)17(9-4-10-17)13-21(3)16-8-5-14(12-19-16)11-18-15-6-7-15/h5,8,12,15,18H,4,6-7,9-11,13H2,1-3H3. The van der Waals surface area contributed by atoms with Crippen LogP contribution in [0.3, 0.4) is 0 Å². The van der Waals surface area contributed by atoms with Gasteiger partial charge in [-0.05, 0) is 57.8 Å². The second-order valence-electron chi connectivity index (χ2n) is 7.01. The molecule has 1 aromatic heterocycles. The molecular weight excluding hydrogens is 260 g/mol. The number of hydrogen-bond donors (Lipinski definition) is 1. The van der Waals surface area contributed by atoms with Crippen molar-refractivity contribution in [2.24, 2.45) is 0 Å². The number of nitrogens with one attached hydrogen (secondary N) is 1. The highest BCUT2D eigenvalue weighted by Crippen LogP contribution is 2.37. The maximum atomic E-state index is 4.65. The normalized spacial score (nSPS) is 20.4. The Morgan fingerprint density at radius 2 is 2.00 bits per heavy atom. The zero-order chi connectivity index (χ0) is 14.9. The lowest BCUT2D eigenvalue weighted by atomic mass is 9.75. The van der Waals surface area contributed by atoms with Crippen molar-refractivity contribution in [3.63, 3.8) is 0 Å². The number of hydrogen-bond acceptors (Lipinski definition) is 4. The maximum Gasteiger partial charge on any atom is 0.128 e. The molecule has 2 saturated carbocycles. The largest absolute Gasteiger partial charge is 0.358 e. The minimum absolute atomic E-state index is 0.350. The first-order valence-corrected chi connectivity index (χ1v) is 8.16. The van der Waals surface area contributed by atoms with E-state index in [4.69, 9.17) is 0 Å². The van der Waals surface area contributed by atoms with E-state index >= 15 is 0 Å². The molecule has 1 aromatic rings. The lowest BCUT2D eigenvalue weighted by Crippen LogP contribution is -2.56. The Hall–Kier alpha value is -1.13. The molecule has 0 aliphatic heterocycles. The van der Waals surface area contributed by atoms with Gasteiger partial charge < -0.3 is 15.1 Å². The number of pyridine rings is 1. The van der Waals surface area contributed by atoms with Gasteiger partial charge in [0, 0.05) is 37.9 Å². The van der Waals surface area contributed by atoms with Crippen LogP contribution in [0.25, 0.3) is 0 Å². The third kappa shape index (κ3) is 3.38. The zero-order valence-corrected chi connectivity index (χ0v) is 13.6. The van der Waals surface area contributed by atoms with Crippen LogP contribution in [0, 0.1) is 0 Å². The van der Waals surface area contributed by atoms with E-state index in [1.165, 1.54) is 37.7 Å². The molecule has 0 atom stereocenters. The van der Waals surface area contributed by atoms with Gasteiger partial charge in [-0.2, -0.15) is 0 Å². The summed E-state index contributed by atoms with van der Waals surface area (Å²) in [6.07, 6.45) is 8.64.